The van der Waals surface area contributed by atoms with Gasteiger partial charge in [0.2, 0.25) is 0 Å². The molecule has 0 aliphatic carbocycles. The number of likely N-dealkylation sites (tertiary alicyclic amines) is 1. The number of benzene rings is 1. The number of nitrogens with zero attached hydrogens (tertiary/aromatic N) is 2. The number of alkyl halides is 3. The smallest absolute Gasteiger partial charge is 0.339 e. The number of hydrogen-bond donors (Lipinski definition) is 0. The van der Waals surface area contributed by atoms with Gasteiger partial charge in [0.15, 0.2) is 0 Å². The molecule has 1 aromatic carbocycles. The van der Waals surface area contributed by atoms with E-state index in [-0.39, 0.29) is 5.56 Å². The van der Waals surface area contributed by atoms with Crippen molar-refractivity contribution in [2.45, 2.75) is 31.5 Å². The van der Waals surface area contributed by atoms with Crippen LogP contribution in [0.1, 0.15) is 35.2 Å². The van der Waals surface area contributed by atoms with Crippen molar-refractivity contribution in [3.05, 3.63) is 35.4 Å². The predicted molar refractivity (Wildman–Crippen MR) is 78.7 cm³/mol. The summed E-state index contributed by atoms with van der Waals surface area (Å²) < 4.78 is 39.1. The van der Waals surface area contributed by atoms with Crippen molar-refractivity contribution in [1.29, 1.82) is 0 Å². The number of amides is 1. The first kappa shape index (κ1) is 16.8. The van der Waals surface area contributed by atoms with Crippen LogP contribution in [-0.2, 0) is 6.18 Å². The molecule has 1 amide bonds. The Balaban J connectivity index is 2.19. The Labute approximate surface area is 128 Å². The second kappa shape index (κ2) is 6.69. The van der Waals surface area contributed by atoms with Gasteiger partial charge in [-0.3, -0.25) is 4.79 Å². The summed E-state index contributed by atoms with van der Waals surface area (Å²) in [7, 11) is 3.97. The summed E-state index contributed by atoms with van der Waals surface area (Å²) in [5, 5.41) is 0. The molecule has 0 spiro atoms. The van der Waals surface area contributed by atoms with Crippen LogP contribution in [0.2, 0.25) is 0 Å². The molecule has 22 heavy (non-hydrogen) atoms. The Bertz CT molecular complexity index is 528. The van der Waals surface area contributed by atoms with Crippen molar-refractivity contribution in [2.24, 2.45) is 0 Å². The molecule has 1 aliphatic rings. The largest absolute Gasteiger partial charge is 0.417 e. The van der Waals surface area contributed by atoms with Gasteiger partial charge in [0.05, 0.1) is 11.1 Å². The molecule has 1 saturated heterocycles. The van der Waals surface area contributed by atoms with Crippen LogP contribution in [0.15, 0.2) is 24.3 Å². The van der Waals surface area contributed by atoms with Crippen molar-refractivity contribution in [2.75, 3.05) is 27.2 Å². The molecule has 0 saturated carbocycles. The van der Waals surface area contributed by atoms with E-state index in [1.807, 2.05) is 14.1 Å². The second-order valence-electron chi connectivity index (χ2n) is 5.88. The van der Waals surface area contributed by atoms with Gasteiger partial charge in [-0.05, 0) is 45.5 Å². The first-order valence-corrected chi connectivity index (χ1v) is 7.42. The Kier molecular flexibility index (Phi) is 5.11. The molecule has 1 heterocycles. The summed E-state index contributed by atoms with van der Waals surface area (Å²) in [5.41, 5.74) is -1.10. The lowest BCUT2D eigenvalue weighted by molar-refractivity contribution is -0.138. The van der Waals surface area contributed by atoms with Gasteiger partial charge in [-0.1, -0.05) is 12.1 Å². The summed E-state index contributed by atoms with van der Waals surface area (Å²) >= 11 is 0. The third-order valence-corrected chi connectivity index (χ3v) is 4.18. The van der Waals surface area contributed by atoms with Crippen molar-refractivity contribution in [3.8, 4) is 0 Å². The first-order chi connectivity index (χ1) is 10.3. The number of rotatable bonds is 2. The molecule has 0 N–H and O–H groups in total. The highest BCUT2D eigenvalue weighted by molar-refractivity contribution is 5.96. The second-order valence-corrected chi connectivity index (χ2v) is 5.88. The van der Waals surface area contributed by atoms with Crippen LogP contribution in [0.25, 0.3) is 0 Å². The zero-order valence-corrected chi connectivity index (χ0v) is 12.9. The third-order valence-electron chi connectivity index (χ3n) is 4.18. The van der Waals surface area contributed by atoms with Crippen LogP contribution in [0.3, 0.4) is 0 Å². The zero-order valence-electron chi connectivity index (χ0n) is 12.9. The maximum absolute atomic E-state index is 13.0. The Morgan fingerprint density at radius 2 is 1.86 bits per heavy atom. The van der Waals surface area contributed by atoms with Crippen LogP contribution < -0.4 is 0 Å². The van der Waals surface area contributed by atoms with Crippen molar-refractivity contribution in [1.82, 2.24) is 9.80 Å². The van der Waals surface area contributed by atoms with Gasteiger partial charge >= 0.3 is 6.18 Å². The van der Waals surface area contributed by atoms with Crippen molar-refractivity contribution >= 4 is 5.91 Å². The molecule has 0 aromatic heterocycles. The highest BCUT2D eigenvalue weighted by Gasteiger charge is 2.36. The summed E-state index contributed by atoms with van der Waals surface area (Å²) in [6, 6.07) is 5.39. The van der Waals surface area contributed by atoms with Crippen LogP contribution in [-0.4, -0.2) is 48.9 Å². The topological polar surface area (TPSA) is 23.6 Å². The van der Waals surface area contributed by atoms with E-state index in [2.05, 4.69) is 4.90 Å². The van der Waals surface area contributed by atoms with E-state index in [1.54, 1.807) is 4.90 Å². The minimum absolute atomic E-state index is 0.252. The highest BCUT2D eigenvalue weighted by Crippen LogP contribution is 2.32. The van der Waals surface area contributed by atoms with Crippen molar-refractivity contribution in [3.63, 3.8) is 0 Å². The van der Waals surface area contributed by atoms with Gasteiger partial charge in [-0.25, -0.2) is 0 Å². The fourth-order valence-corrected chi connectivity index (χ4v) is 2.89. The molecule has 1 unspecified atom stereocenters. The normalized spacial score (nSPS) is 20.1. The van der Waals surface area contributed by atoms with Gasteiger partial charge in [-0.2, -0.15) is 13.2 Å². The quantitative estimate of drug-likeness (QED) is 0.836. The molecular formula is C16H21F3N2O. The van der Waals surface area contributed by atoms with E-state index in [0.717, 1.165) is 25.3 Å². The van der Waals surface area contributed by atoms with Gasteiger partial charge in [0.1, 0.15) is 0 Å². The van der Waals surface area contributed by atoms with E-state index in [0.29, 0.717) is 19.1 Å². The average molecular weight is 314 g/mol. The highest BCUT2D eigenvalue weighted by atomic mass is 19.4. The molecule has 1 fully saturated rings. The summed E-state index contributed by atoms with van der Waals surface area (Å²) in [6.45, 7) is 1.00. The van der Waals surface area contributed by atoms with Crippen LogP contribution in [0.4, 0.5) is 13.2 Å². The molecule has 1 atom stereocenters. The van der Waals surface area contributed by atoms with Gasteiger partial charge < -0.3 is 9.80 Å². The average Bonchev–Trinajstić information content (AvgIpc) is 2.71. The van der Waals surface area contributed by atoms with E-state index in [1.165, 1.54) is 18.2 Å². The minimum atomic E-state index is -4.51. The predicted octanol–water partition coefficient (Wildman–Crippen LogP) is 3.26. The summed E-state index contributed by atoms with van der Waals surface area (Å²) in [4.78, 5) is 16.2. The van der Waals surface area contributed by atoms with Gasteiger partial charge in [0.25, 0.3) is 5.91 Å². The van der Waals surface area contributed by atoms with E-state index in [9.17, 15) is 18.0 Å². The zero-order chi connectivity index (χ0) is 16.3. The number of hydrogen-bond acceptors (Lipinski definition) is 2. The number of carbonyl (C=O) groups is 1. The molecule has 2 rings (SSSR count). The standard InChI is InChI=1S/C16H21F3N2O/c1-20(2)12-6-5-10-21(11-9-12)15(22)13-7-3-4-8-14(13)16(17,18)19/h3-4,7-8,12H,5-6,9-11H2,1-2H3. The van der Waals surface area contributed by atoms with Crippen LogP contribution >= 0.6 is 0 Å². The van der Waals surface area contributed by atoms with Gasteiger partial charge in [-0.15, -0.1) is 0 Å². The molecule has 1 aromatic rings. The van der Waals surface area contributed by atoms with Gasteiger partial charge in [0, 0.05) is 19.1 Å². The van der Waals surface area contributed by atoms with Crippen molar-refractivity contribution < 1.29 is 18.0 Å². The Hall–Kier alpha value is -1.56. The van der Waals surface area contributed by atoms with E-state index < -0.39 is 17.6 Å². The third kappa shape index (κ3) is 3.80. The Morgan fingerprint density at radius 1 is 1.18 bits per heavy atom. The molecule has 1 aliphatic heterocycles. The molecular weight excluding hydrogens is 293 g/mol. The lowest BCUT2D eigenvalue weighted by Gasteiger charge is -2.24. The van der Waals surface area contributed by atoms with E-state index in [4.69, 9.17) is 0 Å². The number of halogens is 3. The fourth-order valence-electron chi connectivity index (χ4n) is 2.89. The maximum atomic E-state index is 13.0. The lowest BCUT2D eigenvalue weighted by atomic mass is 10.1. The molecule has 0 radical (unpaired) electrons. The fraction of sp³-hybridized carbons (Fsp3) is 0.562. The monoisotopic (exact) mass is 314 g/mol. The first-order valence-electron chi connectivity index (χ1n) is 7.42. The van der Waals surface area contributed by atoms with Crippen LogP contribution in [0.5, 0.6) is 0 Å². The summed E-state index contributed by atoms with van der Waals surface area (Å²) in [5.74, 6) is -0.521. The SMILES string of the molecule is CN(C)C1CCCN(C(=O)c2ccccc2C(F)(F)F)CC1. The van der Waals surface area contributed by atoms with Crippen LogP contribution in [0, 0.1) is 0 Å². The Morgan fingerprint density at radius 3 is 2.50 bits per heavy atom. The van der Waals surface area contributed by atoms with E-state index >= 15 is 0 Å². The minimum Gasteiger partial charge on any atom is -0.339 e. The molecule has 3 nitrogen and oxygen atoms in total. The molecule has 6 heteroatoms. The lowest BCUT2D eigenvalue weighted by Crippen LogP contribution is -2.34. The summed E-state index contributed by atoms with van der Waals surface area (Å²) in [6.07, 6.45) is -1.96. The molecule has 122 valence electrons. The number of carbonyl (C=O) groups excluding carboxylic acids is 1. The maximum Gasteiger partial charge on any atom is 0.417 e. The molecule has 0 bridgehead atoms.